The molecule has 0 saturated carbocycles. The van der Waals surface area contributed by atoms with Crippen LogP contribution in [-0.2, 0) is 9.53 Å². The molecule has 1 aliphatic heterocycles. The molecule has 0 radical (unpaired) electrons. The van der Waals surface area contributed by atoms with Crippen molar-refractivity contribution >= 4 is 11.9 Å². The summed E-state index contributed by atoms with van der Waals surface area (Å²) in [5, 5.41) is 5.70. The summed E-state index contributed by atoms with van der Waals surface area (Å²) in [6.45, 7) is 1.91. The molecule has 0 spiro atoms. The Morgan fingerprint density at radius 3 is 3.29 bits per heavy atom. The minimum atomic E-state index is -0.422. The number of carbonyl (C=O) groups is 1. The quantitative estimate of drug-likeness (QED) is 0.586. The van der Waals surface area contributed by atoms with Gasteiger partial charge in [-0.1, -0.05) is 0 Å². The van der Waals surface area contributed by atoms with Crippen LogP contribution in [0.1, 0.15) is 0 Å². The van der Waals surface area contributed by atoms with Crippen molar-refractivity contribution in [1.29, 1.82) is 0 Å². The third kappa shape index (κ3) is 2.09. The first-order chi connectivity index (χ1) is 6.86. The van der Waals surface area contributed by atoms with Gasteiger partial charge in [-0.15, -0.1) is 0 Å². The Balaban J connectivity index is 1.88. The molecule has 14 heavy (non-hydrogen) atoms. The van der Waals surface area contributed by atoms with Crippen LogP contribution < -0.4 is 10.6 Å². The fraction of sp³-hybridized carbons (Fsp3) is 0.500. The lowest BCUT2D eigenvalue weighted by molar-refractivity contribution is -0.128. The normalized spacial score (nSPS) is 21.9. The Morgan fingerprint density at radius 1 is 1.71 bits per heavy atom. The Labute approximate surface area is 81.1 Å². The van der Waals surface area contributed by atoms with Crippen molar-refractivity contribution in [3.63, 3.8) is 0 Å². The molecule has 6 nitrogen and oxygen atoms in total. The Kier molecular flexibility index (Phi) is 2.76. The van der Waals surface area contributed by atoms with Crippen LogP contribution in [0.15, 0.2) is 12.4 Å². The lowest BCUT2D eigenvalue weighted by Gasteiger charge is -2.22. The Hall–Kier alpha value is -1.40. The molecule has 1 aromatic heterocycles. The molecule has 0 aliphatic carbocycles. The van der Waals surface area contributed by atoms with E-state index in [0.29, 0.717) is 19.1 Å². The van der Waals surface area contributed by atoms with E-state index in [0.717, 1.165) is 6.54 Å². The van der Waals surface area contributed by atoms with Crippen LogP contribution in [0.2, 0.25) is 0 Å². The van der Waals surface area contributed by atoms with Gasteiger partial charge in [-0.25, -0.2) is 4.98 Å². The van der Waals surface area contributed by atoms with Crippen LogP contribution in [0.5, 0.6) is 0 Å². The summed E-state index contributed by atoms with van der Waals surface area (Å²) in [6.07, 6.45) is 2.81. The van der Waals surface area contributed by atoms with Crippen LogP contribution >= 0.6 is 0 Å². The summed E-state index contributed by atoms with van der Waals surface area (Å²) in [5.41, 5.74) is 0. The number of H-pyrrole nitrogens is 1. The van der Waals surface area contributed by atoms with Crippen LogP contribution in [-0.4, -0.2) is 41.7 Å². The number of rotatable bonds is 2. The fourth-order valence-corrected chi connectivity index (χ4v) is 1.26. The van der Waals surface area contributed by atoms with Gasteiger partial charge in [0, 0.05) is 25.5 Å². The van der Waals surface area contributed by atoms with Gasteiger partial charge in [0.25, 0.3) is 5.91 Å². The lowest BCUT2D eigenvalue weighted by atomic mass is 10.3. The highest BCUT2D eigenvalue weighted by Gasteiger charge is 2.21. The van der Waals surface area contributed by atoms with E-state index in [-0.39, 0.29) is 5.91 Å². The second-order valence-electron chi connectivity index (χ2n) is 2.99. The van der Waals surface area contributed by atoms with Gasteiger partial charge >= 0.3 is 0 Å². The number of nitrogens with one attached hydrogen (secondary N) is 3. The number of aromatic nitrogens is 2. The highest BCUT2D eigenvalue weighted by molar-refractivity contribution is 5.92. The largest absolute Gasteiger partial charge is 0.366 e. The minimum absolute atomic E-state index is 0.174. The highest BCUT2D eigenvalue weighted by Crippen LogP contribution is 2.01. The smallest absolute Gasteiger partial charge is 0.257 e. The number of aromatic amines is 1. The molecule has 1 amide bonds. The molecule has 1 aliphatic rings. The number of hydrogen-bond acceptors (Lipinski definition) is 4. The van der Waals surface area contributed by atoms with Crippen molar-refractivity contribution in [2.75, 3.05) is 25.0 Å². The van der Waals surface area contributed by atoms with E-state index < -0.39 is 6.10 Å². The zero-order chi connectivity index (χ0) is 9.80. The molecule has 1 unspecified atom stereocenters. The summed E-state index contributed by atoms with van der Waals surface area (Å²) in [6, 6.07) is 0. The SMILES string of the molecule is O=C(Nc1ncc[nH]1)C1CNCCO1. The van der Waals surface area contributed by atoms with E-state index in [1.165, 1.54) is 0 Å². The maximum atomic E-state index is 11.5. The molecule has 1 saturated heterocycles. The summed E-state index contributed by atoms with van der Waals surface area (Å²) in [7, 11) is 0. The van der Waals surface area contributed by atoms with E-state index >= 15 is 0 Å². The summed E-state index contributed by atoms with van der Waals surface area (Å²) in [4.78, 5) is 18.2. The van der Waals surface area contributed by atoms with Crippen LogP contribution in [0.3, 0.4) is 0 Å². The zero-order valence-electron chi connectivity index (χ0n) is 7.62. The van der Waals surface area contributed by atoms with Crippen molar-refractivity contribution in [3.8, 4) is 0 Å². The van der Waals surface area contributed by atoms with Gasteiger partial charge in [-0.3, -0.25) is 10.1 Å². The number of ether oxygens (including phenoxy) is 1. The zero-order valence-corrected chi connectivity index (χ0v) is 7.62. The van der Waals surface area contributed by atoms with Crippen molar-refractivity contribution < 1.29 is 9.53 Å². The first-order valence-electron chi connectivity index (χ1n) is 4.49. The Bertz CT molecular complexity index is 292. The van der Waals surface area contributed by atoms with Gasteiger partial charge in [-0.05, 0) is 0 Å². The number of amides is 1. The highest BCUT2D eigenvalue weighted by atomic mass is 16.5. The molecule has 1 atom stereocenters. The molecular weight excluding hydrogens is 184 g/mol. The minimum Gasteiger partial charge on any atom is -0.366 e. The van der Waals surface area contributed by atoms with Gasteiger partial charge in [0.05, 0.1) is 6.61 Å². The molecule has 1 fully saturated rings. The standard InChI is InChI=1S/C8H12N4O2/c13-7(6-5-9-3-4-14-6)12-8-10-1-2-11-8/h1-2,6,9H,3-5H2,(H2,10,11,12,13). The number of anilines is 1. The third-order valence-electron chi connectivity index (χ3n) is 1.96. The van der Waals surface area contributed by atoms with Gasteiger partial charge in [-0.2, -0.15) is 0 Å². The molecule has 0 aromatic carbocycles. The number of carbonyl (C=O) groups excluding carboxylic acids is 1. The number of hydrogen-bond donors (Lipinski definition) is 3. The maximum absolute atomic E-state index is 11.5. The maximum Gasteiger partial charge on any atom is 0.257 e. The molecule has 76 valence electrons. The van der Waals surface area contributed by atoms with Crippen molar-refractivity contribution in [2.24, 2.45) is 0 Å². The summed E-state index contributed by atoms with van der Waals surface area (Å²) >= 11 is 0. The van der Waals surface area contributed by atoms with Gasteiger partial charge in [0.1, 0.15) is 6.10 Å². The number of nitrogens with zero attached hydrogens (tertiary/aromatic N) is 1. The lowest BCUT2D eigenvalue weighted by Crippen LogP contribution is -2.45. The van der Waals surface area contributed by atoms with Crippen molar-refractivity contribution in [2.45, 2.75) is 6.10 Å². The first kappa shape index (κ1) is 9.17. The van der Waals surface area contributed by atoms with Crippen LogP contribution in [0.25, 0.3) is 0 Å². The average Bonchev–Trinajstić information content (AvgIpc) is 2.72. The van der Waals surface area contributed by atoms with Gasteiger partial charge in [0.15, 0.2) is 0 Å². The number of morpholine rings is 1. The van der Waals surface area contributed by atoms with E-state index in [4.69, 9.17) is 4.74 Å². The molecule has 0 bridgehead atoms. The molecule has 1 aromatic rings. The average molecular weight is 196 g/mol. The predicted octanol–water partition coefficient (Wildman–Crippen LogP) is -0.663. The Morgan fingerprint density at radius 2 is 2.64 bits per heavy atom. The third-order valence-corrected chi connectivity index (χ3v) is 1.96. The molecule has 2 rings (SSSR count). The molecule has 6 heteroatoms. The summed E-state index contributed by atoms with van der Waals surface area (Å²) in [5.74, 6) is 0.274. The van der Waals surface area contributed by atoms with Crippen LogP contribution in [0.4, 0.5) is 5.95 Å². The fourth-order valence-electron chi connectivity index (χ4n) is 1.26. The first-order valence-corrected chi connectivity index (χ1v) is 4.49. The van der Waals surface area contributed by atoms with Crippen molar-refractivity contribution in [1.82, 2.24) is 15.3 Å². The summed E-state index contributed by atoms with van der Waals surface area (Å²) < 4.78 is 5.27. The molecular formula is C8H12N4O2. The number of imidazole rings is 1. The topological polar surface area (TPSA) is 79.0 Å². The van der Waals surface area contributed by atoms with E-state index in [1.54, 1.807) is 12.4 Å². The molecule has 3 N–H and O–H groups in total. The second kappa shape index (κ2) is 4.21. The molecule has 2 heterocycles. The van der Waals surface area contributed by atoms with Crippen LogP contribution in [0, 0.1) is 0 Å². The second-order valence-corrected chi connectivity index (χ2v) is 2.99. The van der Waals surface area contributed by atoms with E-state index in [9.17, 15) is 4.79 Å². The van der Waals surface area contributed by atoms with E-state index in [1.807, 2.05) is 0 Å². The van der Waals surface area contributed by atoms with Gasteiger partial charge in [0.2, 0.25) is 5.95 Å². The monoisotopic (exact) mass is 196 g/mol. The predicted molar refractivity (Wildman–Crippen MR) is 49.8 cm³/mol. The van der Waals surface area contributed by atoms with Gasteiger partial charge < -0.3 is 15.0 Å². The van der Waals surface area contributed by atoms with Crippen molar-refractivity contribution in [3.05, 3.63) is 12.4 Å². The van der Waals surface area contributed by atoms with E-state index in [2.05, 4.69) is 20.6 Å².